The van der Waals surface area contributed by atoms with Gasteiger partial charge in [-0.3, -0.25) is 9.59 Å². The van der Waals surface area contributed by atoms with Gasteiger partial charge in [0.25, 0.3) is 0 Å². The van der Waals surface area contributed by atoms with E-state index in [4.69, 9.17) is 0 Å². The summed E-state index contributed by atoms with van der Waals surface area (Å²) in [6.45, 7) is 8.34. The molecular formula is C19H29NO2. The van der Waals surface area contributed by atoms with Crippen LogP contribution in [0.1, 0.15) is 70.2 Å². The van der Waals surface area contributed by atoms with Crippen LogP contribution in [0.3, 0.4) is 0 Å². The summed E-state index contributed by atoms with van der Waals surface area (Å²) in [5, 5.41) is 2.89. The quantitative estimate of drug-likeness (QED) is 0.511. The van der Waals surface area contributed by atoms with Gasteiger partial charge in [-0.1, -0.05) is 40.5 Å². The largest absolute Gasteiger partial charge is 0.326 e. The standard InChI is InChI=1S/C19H29NO2/c1-5-15(4)19(22)16-10-12-17(13-11-16)20-18(21)9-7-6-8-14(2)3/h10-15H,5-9H2,1-4H3,(H,20,21). The number of anilines is 1. The van der Waals surface area contributed by atoms with Crippen molar-refractivity contribution >= 4 is 17.4 Å². The molecule has 0 heterocycles. The number of amides is 1. The number of carbonyl (C=O) groups excluding carboxylic acids is 2. The van der Waals surface area contributed by atoms with Gasteiger partial charge in [0.1, 0.15) is 0 Å². The molecule has 1 amide bonds. The van der Waals surface area contributed by atoms with E-state index in [1.54, 1.807) is 12.1 Å². The van der Waals surface area contributed by atoms with Crippen molar-refractivity contribution in [3.63, 3.8) is 0 Å². The van der Waals surface area contributed by atoms with Crippen molar-refractivity contribution in [3.8, 4) is 0 Å². The second-order valence-corrected chi connectivity index (χ2v) is 6.44. The van der Waals surface area contributed by atoms with Crippen LogP contribution in [-0.4, -0.2) is 11.7 Å². The molecule has 1 aromatic rings. The Bertz CT molecular complexity index is 477. The summed E-state index contributed by atoms with van der Waals surface area (Å²) in [6.07, 6.45) is 4.58. The third-order valence-electron chi connectivity index (χ3n) is 3.95. The van der Waals surface area contributed by atoms with Crippen molar-refractivity contribution in [1.29, 1.82) is 0 Å². The molecule has 3 nitrogen and oxygen atoms in total. The summed E-state index contributed by atoms with van der Waals surface area (Å²) < 4.78 is 0. The van der Waals surface area contributed by atoms with Gasteiger partial charge in [-0.2, -0.15) is 0 Å². The first-order valence-corrected chi connectivity index (χ1v) is 8.38. The van der Waals surface area contributed by atoms with E-state index in [1.165, 1.54) is 6.42 Å². The predicted molar refractivity (Wildman–Crippen MR) is 92.2 cm³/mol. The molecule has 1 aromatic carbocycles. The molecule has 1 N–H and O–H groups in total. The molecule has 22 heavy (non-hydrogen) atoms. The second kappa shape index (κ2) is 9.39. The normalized spacial score (nSPS) is 12.2. The van der Waals surface area contributed by atoms with Crippen molar-refractivity contribution in [2.24, 2.45) is 11.8 Å². The third-order valence-corrected chi connectivity index (χ3v) is 3.95. The lowest BCUT2D eigenvalue weighted by Crippen LogP contribution is -2.12. The number of benzene rings is 1. The van der Waals surface area contributed by atoms with E-state index in [-0.39, 0.29) is 17.6 Å². The Morgan fingerprint density at radius 2 is 1.68 bits per heavy atom. The highest BCUT2D eigenvalue weighted by Gasteiger charge is 2.13. The fourth-order valence-corrected chi connectivity index (χ4v) is 2.25. The molecule has 0 radical (unpaired) electrons. The second-order valence-electron chi connectivity index (χ2n) is 6.44. The predicted octanol–water partition coefficient (Wildman–Crippen LogP) is 5.07. The molecule has 0 fully saturated rings. The van der Waals surface area contributed by atoms with Crippen LogP contribution < -0.4 is 5.32 Å². The van der Waals surface area contributed by atoms with E-state index in [0.717, 1.165) is 24.9 Å². The minimum atomic E-state index is 0.0430. The van der Waals surface area contributed by atoms with Gasteiger partial charge in [-0.05, 0) is 43.0 Å². The first-order valence-electron chi connectivity index (χ1n) is 8.38. The Labute approximate surface area is 134 Å². The van der Waals surface area contributed by atoms with Crippen LogP contribution in [0, 0.1) is 11.8 Å². The van der Waals surface area contributed by atoms with E-state index in [2.05, 4.69) is 19.2 Å². The summed E-state index contributed by atoms with van der Waals surface area (Å²) in [7, 11) is 0. The van der Waals surface area contributed by atoms with E-state index in [9.17, 15) is 9.59 Å². The molecule has 122 valence electrons. The fraction of sp³-hybridized carbons (Fsp3) is 0.579. The van der Waals surface area contributed by atoms with Crippen molar-refractivity contribution in [1.82, 2.24) is 0 Å². The summed E-state index contributed by atoms with van der Waals surface area (Å²) in [4.78, 5) is 23.9. The fourth-order valence-electron chi connectivity index (χ4n) is 2.25. The molecule has 0 saturated heterocycles. The van der Waals surface area contributed by atoms with E-state index in [1.807, 2.05) is 26.0 Å². The molecule has 0 aliphatic carbocycles. The highest BCUT2D eigenvalue weighted by Crippen LogP contribution is 2.16. The van der Waals surface area contributed by atoms with Gasteiger partial charge in [0.05, 0.1) is 0 Å². The van der Waals surface area contributed by atoms with Gasteiger partial charge in [-0.15, -0.1) is 0 Å². The van der Waals surface area contributed by atoms with Crippen LogP contribution in [0.25, 0.3) is 0 Å². The average Bonchev–Trinajstić information content (AvgIpc) is 2.50. The minimum absolute atomic E-state index is 0.0430. The Kier molecular flexibility index (Phi) is 7.86. The minimum Gasteiger partial charge on any atom is -0.326 e. The maximum Gasteiger partial charge on any atom is 0.224 e. The summed E-state index contributed by atoms with van der Waals surface area (Å²) in [5.74, 6) is 0.943. The van der Waals surface area contributed by atoms with Gasteiger partial charge in [-0.25, -0.2) is 0 Å². The monoisotopic (exact) mass is 303 g/mol. The molecule has 0 aromatic heterocycles. The number of hydrogen-bond donors (Lipinski definition) is 1. The average molecular weight is 303 g/mol. The molecule has 1 atom stereocenters. The van der Waals surface area contributed by atoms with Crippen LogP contribution in [-0.2, 0) is 4.79 Å². The molecule has 0 aliphatic rings. The van der Waals surface area contributed by atoms with Crippen LogP contribution in [0.4, 0.5) is 5.69 Å². The van der Waals surface area contributed by atoms with Crippen molar-refractivity contribution in [3.05, 3.63) is 29.8 Å². The van der Waals surface area contributed by atoms with Crippen molar-refractivity contribution < 1.29 is 9.59 Å². The van der Waals surface area contributed by atoms with Gasteiger partial charge in [0.15, 0.2) is 5.78 Å². The number of carbonyl (C=O) groups is 2. The lowest BCUT2D eigenvalue weighted by atomic mass is 9.97. The number of ketones is 1. The molecule has 1 unspecified atom stereocenters. The topological polar surface area (TPSA) is 46.2 Å². The van der Waals surface area contributed by atoms with Crippen LogP contribution in [0.15, 0.2) is 24.3 Å². The number of nitrogens with one attached hydrogen (secondary N) is 1. The smallest absolute Gasteiger partial charge is 0.224 e. The highest BCUT2D eigenvalue weighted by molar-refractivity contribution is 5.98. The first kappa shape index (κ1) is 18.4. The number of hydrogen-bond acceptors (Lipinski definition) is 2. The Balaban J connectivity index is 2.43. The molecule has 0 bridgehead atoms. The SMILES string of the molecule is CCC(C)C(=O)c1ccc(NC(=O)CCCCC(C)C)cc1. The lowest BCUT2D eigenvalue weighted by Gasteiger charge is -2.09. The van der Waals surface area contributed by atoms with Crippen LogP contribution in [0.2, 0.25) is 0 Å². The summed E-state index contributed by atoms with van der Waals surface area (Å²) >= 11 is 0. The molecule has 1 rings (SSSR count). The Hall–Kier alpha value is -1.64. The Morgan fingerprint density at radius 1 is 1.05 bits per heavy atom. The maximum absolute atomic E-state index is 12.1. The summed E-state index contributed by atoms with van der Waals surface area (Å²) in [5.41, 5.74) is 1.47. The van der Waals surface area contributed by atoms with Crippen LogP contribution in [0.5, 0.6) is 0 Å². The van der Waals surface area contributed by atoms with Crippen LogP contribution >= 0.6 is 0 Å². The third kappa shape index (κ3) is 6.42. The van der Waals surface area contributed by atoms with Gasteiger partial charge in [0.2, 0.25) is 5.91 Å². The molecule has 0 aliphatic heterocycles. The molecule has 3 heteroatoms. The lowest BCUT2D eigenvalue weighted by molar-refractivity contribution is -0.116. The zero-order valence-electron chi connectivity index (χ0n) is 14.3. The zero-order valence-corrected chi connectivity index (χ0v) is 14.3. The zero-order chi connectivity index (χ0) is 16.5. The van der Waals surface area contributed by atoms with Crippen molar-refractivity contribution in [2.45, 2.75) is 59.8 Å². The molecular weight excluding hydrogens is 274 g/mol. The number of Topliss-reactive ketones (excluding diaryl/α,β-unsaturated/α-hetero) is 1. The van der Waals surface area contributed by atoms with E-state index >= 15 is 0 Å². The van der Waals surface area contributed by atoms with Crippen molar-refractivity contribution in [2.75, 3.05) is 5.32 Å². The molecule has 0 spiro atoms. The molecule has 0 saturated carbocycles. The Morgan fingerprint density at radius 3 is 2.23 bits per heavy atom. The number of unbranched alkanes of at least 4 members (excludes halogenated alkanes) is 1. The van der Waals surface area contributed by atoms with Gasteiger partial charge >= 0.3 is 0 Å². The van der Waals surface area contributed by atoms with E-state index in [0.29, 0.717) is 17.9 Å². The summed E-state index contributed by atoms with van der Waals surface area (Å²) in [6, 6.07) is 7.20. The van der Waals surface area contributed by atoms with E-state index < -0.39 is 0 Å². The number of rotatable bonds is 9. The highest BCUT2D eigenvalue weighted by atomic mass is 16.1. The first-order chi connectivity index (χ1) is 10.4. The van der Waals surface area contributed by atoms with Gasteiger partial charge < -0.3 is 5.32 Å². The maximum atomic E-state index is 12.1. The van der Waals surface area contributed by atoms with Gasteiger partial charge in [0, 0.05) is 23.6 Å².